The monoisotopic (exact) mass is 792 g/mol. The maximum absolute atomic E-state index is 6.65. The number of para-hydroxylation sites is 4. The van der Waals surface area contributed by atoms with E-state index < -0.39 is 0 Å². The van der Waals surface area contributed by atoms with Crippen LogP contribution in [0.2, 0.25) is 0 Å². The van der Waals surface area contributed by atoms with Crippen molar-refractivity contribution in [3.05, 3.63) is 218 Å². The van der Waals surface area contributed by atoms with Crippen LogP contribution in [0.15, 0.2) is 227 Å². The predicted octanol–water partition coefficient (Wildman–Crippen LogP) is 16.5. The zero-order chi connectivity index (χ0) is 40.7. The van der Waals surface area contributed by atoms with Gasteiger partial charge in [-0.05, 0) is 100 Å². The Morgan fingerprint density at radius 3 is 1.66 bits per heavy atom. The molecule has 13 aromatic rings. The number of nitrogens with zero attached hydrogens (tertiary/aromatic N) is 2. The molecule has 3 heterocycles. The summed E-state index contributed by atoms with van der Waals surface area (Å²) in [6.45, 7) is 0. The van der Waals surface area contributed by atoms with Crippen molar-refractivity contribution in [3.63, 3.8) is 0 Å². The van der Waals surface area contributed by atoms with E-state index in [9.17, 15) is 0 Å². The van der Waals surface area contributed by atoms with E-state index in [-0.39, 0.29) is 0 Å². The molecule has 4 nitrogen and oxygen atoms in total. The van der Waals surface area contributed by atoms with Crippen LogP contribution in [0.3, 0.4) is 0 Å². The van der Waals surface area contributed by atoms with Crippen LogP contribution in [0.25, 0.3) is 104 Å². The Labute approximate surface area is 356 Å². The van der Waals surface area contributed by atoms with E-state index in [1.807, 2.05) is 24.3 Å². The highest BCUT2D eigenvalue weighted by Gasteiger charge is 2.21. The highest BCUT2D eigenvalue weighted by molar-refractivity contribution is 6.19. The standard InChI is InChI=1S/C58H36N2O2/c1-2-12-42(13-3-1)60-53-36-41(26-32-46(53)49-33-25-39-11-4-5-14-45(39)57(49)60)38-23-30-44(31-24-38)59(52-18-10-17-50-47-15-6-9-20-55(47)62-58(50)52)43-28-21-37(22-29-43)40-27-34-56-51(35-40)48-16-7-8-19-54(48)61-56/h1-36H. The highest BCUT2D eigenvalue weighted by atomic mass is 16.3. The van der Waals surface area contributed by atoms with Crippen LogP contribution in [0.4, 0.5) is 17.1 Å². The van der Waals surface area contributed by atoms with Gasteiger partial charge in [0.25, 0.3) is 0 Å². The fourth-order valence-electron chi connectivity index (χ4n) is 9.65. The lowest BCUT2D eigenvalue weighted by molar-refractivity contribution is 0.668. The maximum atomic E-state index is 6.65. The van der Waals surface area contributed by atoms with Gasteiger partial charge in [-0.1, -0.05) is 146 Å². The van der Waals surface area contributed by atoms with Gasteiger partial charge in [-0.2, -0.15) is 0 Å². The summed E-state index contributed by atoms with van der Waals surface area (Å²) in [5.74, 6) is 0. The molecule has 0 radical (unpaired) electrons. The van der Waals surface area contributed by atoms with Gasteiger partial charge in [0.15, 0.2) is 5.58 Å². The first kappa shape index (κ1) is 34.5. The first-order valence-corrected chi connectivity index (χ1v) is 21.1. The van der Waals surface area contributed by atoms with Crippen molar-refractivity contribution >= 4 is 93.5 Å². The lowest BCUT2D eigenvalue weighted by Gasteiger charge is -2.26. The lowest BCUT2D eigenvalue weighted by atomic mass is 10.0. The summed E-state index contributed by atoms with van der Waals surface area (Å²) in [6, 6.07) is 78.0. The third kappa shape index (κ3) is 5.33. The number of hydrogen-bond acceptors (Lipinski definition) is 3. The van der Waals surface area contributed by atoms with Gasteiger partial charge in [-0.3, -0.25) is 0 Å². The summed E-state index contributed by atoms with van der Waals surface area (Å²) >= 11 is 0. The number of fused-ring (bicyclic) bond motifs is 11. The van der Waals surface area contributed by atoms with Gasteiger partial charge in [0.05, 0.1) is 16.7 Å². The first-order chi connectivity index (χ1) is 30.7. The highest BCUT2D eigenvalue weighted by Crippen LogP contribution is 2.44. The van der Waals surface area contributed by atoms with Crippen molar-refractivity contribution in [1.29, 1.82) is 0 Å². The summed E-state index contributed by atoms with van der Waals surface area (Å²) in [7, 11) is 0. The molecule has 62 heavy (non-hydrogen) atoms. The minimum atomic E-state index is 0.853. The van der Waals surface area contributed by atoms with Crippen LogP contribution in [0.5, 0.6) is 0 Å². The molecular formula is C58H36N2O2. The van der Waals surface area contributed by atoms with Crippen LogP contribution in [0, 0.1) is 0 Å². The smallest absolute Gasteiger partial charge is 0.159 e. The van der Waals surface area contributed by atoms with Crippen molar-refractivity contribution in [1.82, 2.24) is 4.57 Å². The first-order valence-electron chi connectivity index (χ1n) is 21.1. The fourth-order valence-corrected chi connectivity index (χ4v) is 9.65. The summed E-state index contributed by atoms with van der Waals surface area (Å²) in [4.78, 5) is 2.31. The second kappa shape index (κ2) is 13.6. The Morgan fingerprint density at radius 1 is 0.339 bits per heavy atom. The van der Waals surface area contributed by atoms with Crippen LogP contribution >= 0.6 is 0 Å². The number of anilines is 3. The lowest BCUT2D eigenvalue weighted by Crippen LogP contribution is -2.10. The number of benzene rings is 10. The van der Waals surface area contributed by atoms with E-state index in [0.29, 0.717) is 0 Å². The minimum Gasteiger partial charge on any atom is -0.456 e. The Hall–Kier alpha value is -8.34. The summed E-state index contributed by atoms with van der Waals surface area (Å²) in [5.41, 5.74) is 14.7. The average molecular weight is 793 g/mol. The van der Waals surface area contributed by atoms with Crippen LogP contribution < -0.4 is 4.90 Å². The van der Waals surface area contributed by atoms with Gasteiger partial charge in [0.1, 0.15) is 16.7 Å². The molecule has 4 heteroatoms. The molecule has 0 fully saturated rings. The third-order valence-electron chi connectivity index (χ3n) is 12.6. The van der Waals surface area contributed by atoms with E-state index in [1.165, 1.54) is 32.6 Å². The Balaban J connectivity index is 0.939. The molecule has 13 rings (SSSR count). The van der Waals surface area contributed by atoms with Gasteiger partial charge in [-0.25, -0.2) is 0 Å². The van der Waals surface area contributed by atoms with Crippen molar-refractivity contribution in [2.24, 2.45) is 0 Å². The van der Waals surface area contributed by atoms with E-state index in [4.69, 9.17) is 8.83 Å². The topological polar surface area (TPSA) is 34.5 Å². The summed E-state index contributed by atoms with van der Waals surface area (Å²) in [6.07, 6.45) is 0. The molecule has 3 aromatic heterocycles. The van der Waals surface area contributed by atoms with Crippen molar-refractivity contribution < 1.29 is 8.83 Å². The molecule has 0 spiro atoms. The molecule has 10 aromatic carbocycles. The number of furan rings is 2. The average Bonchev–Trinajstić information content (AvgIpc) is 4.02. The molecule has 0 saturated heterocycles. The van der Waals surface area contributed by atoms with Crippen LogP contribution in [-0.4, -0.2) is 4.57 Å². The molecule has 0 atom stereocenters. The molecule has 0 N–H and O–H groups in total. The Kier molecular flexibility index (Phi) is 7.57. The van der Waals surface area contributed by atoms with Gasteiger partial charge in [0.2, 0.25) is 0 Å². The van der Waals surface area contributed by atoms with Crippen LogP contribution in [0.1, 0.15) is 0 Å². The SMILES string of the molecule is c1ccc(-n2c3cc(-c4ccc(N(c5ccc(-c6ccc7oc8ccccc8c7c6)cc5)c5cccc6c5oc5ccccc56)cc4)ccc3c3ccc4ccccc4c32)cc1. The molecule has 0 aliphatic carbocycles. The van der Waals surface area contributed by atoms with Gasteiger partial charge >= 0.3 is 0 Å². The molecule has 0 aliphatic heterocycles. The number of rotatable bonds is 6. The van der Waals surface area contributed by atoms with E-state index in [1.54, 1.807) is 0 Å². The maximum Gasteiger partial charge on any atom is 0.159 e. The zero-order valence-electron chi connectivity index (χ0n) is 33.5. The molecule has 0 saturated carbocycles. The second-order valence-corrected chi connectivity index (χ2v) is 16.1. The van der Waals surface area contributed by atoms with E-state index >= 15 is 0 Å². The van der Waals surface area contributed by atoms with Gasteiger partial charge < -0.3 is 18.3 Å². The Bertz CT molecular complexity index is 3850. The summed E-state index contributed by atoms with van der Waals surface area (Å²) < 4.78 is 15.2. The molecule has 0 amide bonds. The van der Waals surface area contributed by atoms with Crippen molar-refractivity contribution in [3.8, 4) is 27.9 Å². The molecule has 290 valence electrons. The van der Waals surface area contributed by atoms with Gasteiger partial charge in [0, 0.05) is 54.8 Å². The van der Waals surface area contributed by atoms with Crippen LogP contribution in [-0.2, 0) is 0 Å². The zero-order valence-corrected chi connectivity index (χ0v) is 33.5. The number of aromatic nitrogens is 1. The Morgan fingerprint density at radius 2 is 0.903 bits per heavy atom. The largest absolute Gasteiger partial charge is 0.456 e. The third-order valence-corrected chi connectivity index (χ3v) is 12.6. The van der Waals surface area contributed by atoms with E-state index in [0.717, 1.165) is 88.9 Å². The van der Waals surface area contributed by atoms with Crippen molar-refractivity contribution in [2.45, 2.75) is 0 Å². The molecule has 0 aliphatic rings. The fraction of sp³-hybridized carbons (Fsp3) is 0. The van der Waals surface area contributed by atoms with Crippen molar-refractivity contribution in [2.75, 3.05) is 4.90 Å². The summed E-state index contributed by atoms with van der Waals surface area (Å²) in [5, 5.41) is 9.41. The molecule has 0 bridgehead atoms. The minimum absolute atomic E-state index is 0.853. The van der Waals surface area contributed by atoms with E-state index in [2.05, 4.69) is 204 Å². The number of hydrogen-bond donors (Lipinski definition) is 0. The normalized spacial score (nSPS) is 11.9. The van der Waals surface area contributed by atoms with Gasteiger partial charge in [-0.15, -0.1) is 0 Å². The molecule has 0 unspecified atom stereocenters. The predicted molar refractivity (Wildman–Crippen MR) is 258 cm³/mol. The second-order valence-electron chi connectivity index (χ2n) is 16.1. The molecular weight excluding hydrogens is 757 g/mol. The quantitative estimate of drug-likeness (QED) is 0.168.